The molecular weight excluding hydrogens is 325 g/mol. The first-order chi connectivity index (χ1) is 12.1. The molecule has 0 aromatic heterocycles. The Hall–Kier alpha value is -1.97. The van der Waals surface area contributed by atoms with Gasteiger partial charge in [0.2, 0.25) is 0 Å². The van der Waals surface area contributed by atoms with Crippen LogP contribution in [-0.4, -0.2) is 6.61 Å². The molecule has 0 radical (unpaired) electrons. The van der Waals surface area contributed by atoms with Crippen molar-refractivity contribution in [2.24, 2.45) is 5.92 Å². The van der Waals surface area contributed by atoms with E-state index in [9.17, 15) is 13.2 Å². The van der Waals surface area contributed by atoms with Crippen LogP contribution >= 0.6 is 0 Å². The summed E-state index contributed by atoms with van der Waals surface area (Å²) >= 11 is 0. The standard InChI is InChI=1S/C21H23F3O/c1-2-3-4-14-5-7-15(8-6-14)16-9-11-18-17(13-16)10-12-19(20(18)22)25-21(23)24/h2,9-15,21H,1,3-8H2. The minimum atomic E-state index is -3.03. The van der Waals surface area contributed by atoms with Crippen LogP contribution in [-0.2, 0) is 0 Å². The quantitative estimate of drug-likeness (QED) is 0.520. The molecular formula is C21H23F3O. The third-order valence-electron chi connectivity index (χ3n) is 5.26. The molecule has 0 atom stereocenters. The minimum Gasteiger partial charge on any atom is -0.432 e. The van der Waals surface area contributed by atoms with E-state index >= 15 is 0 Å². The maximum Gasteiger partial charge on any atom is 0.387 e. The lowest BCUT2D eigenvalue weighted by Gasteiger charge is -2.28. The van der Waals surface area contributed by atoms with Crippen molar-refractivity contribution in [1.29, 1.82) is 0 Å². The van der Waals surface area contributed by atoms with Crippen molar-refractivity contribution in [1.82, 2.24) is 0 Å². The van der Waals surface area contributed by atoms with Crippen molar-refractivity contribution in [3.8, 4) is 5.75 Å². The molecule has 2 aromatic carbocycles. The second kappa shape index (κ2) is 7.94. The zero-order valence-electron chi connectivity index (χ0n) is 14.2. The van der Waals surface area contributed by atoms with E-state index in [1.807, 2.05) is 18.2 Å². The molecule has 0 N–H and O–H groups in total. The van der Waals surface area contributed by atoms with Gasteiger partial charge in [0, 0.05) is 5.39 Å². The monoisotopic (exact) mass is 348 g/mol. The Morgan fingerprint density at radius 3 is 2.56 bits per heavy atom. The average Bonchev–Trinajstić information content (AvgIpc) is 2.62. The summed E-state index contributed by atoms with van der Waals surface area (Å²) in [6.45, 7) is 0.759. The van der Waals surface area contributed by atoms with Crippen molar-refractivity contribution in [3.05, 3.63) is 54.4 Å². The van der Waals surface area contributed by atoms with Gasteiger partial charge in [-0.15, -0.1) is 6.58 Å². The Kier molecular flexibility index (Phi) is 5.67. The summed E-state index contributed by atoms with van der Waals surface area (Å²) < 4.78 is 43.2. The molecule has 25 heavy (non-hydrogen) atoms. The predicted octanol–water partition coefficient (Wildman–Crippen LogP) is 6.82. The molecule has 0 bridgehead atoms. The Morgan fingerprint density at radius 2 is 1.88 bits per heavy atom. The van der Waals surface area contributed by atoms with Gasteiger partial charge in [-0.3, -0.25) is 0 Å². The van der Waals surface area contributed by atoms with Crippen LogP contribution in [0.2, 0.25) is 0 Å². The Balaban J connectivity index is 1.75. The number of hydrogen-bond acceptors (Lipinski definition) is 1. The van der Waals surface area contributed by atoms with Crippen LogP contribution in [0.4, 0.5) is 13.2 Å². The maximum atomic E-state index is 14.3. The molecule has 0 spiro atoms. The van der Waals surface area contributed by atoms with Gasteiger partial charge in [0.15, 0.2) is 11.6 Å². The number of fused-ring (bicyclic) bond motifs is 1. The highest BCUT2D eigenvalue weighted by molar-refractivity contribution is 5.85. The van der Waals surface area contributed by atoms with Gasteiger partial charge in [-0.2, -0.15) is 8.78 Å². The lowest BCUT2D eigenvalue weighted by atomic mass is 9.77. The number of benzene rings is 2. The molecule has 0 heterocycles. The molecule has 1 nitrogen and oxygen atoms in total. The average molecular weight is 348 g/mol. The lowest BCUT2D eigenvalue weighted by molar-refractivity contribution is -0.0520. The van der Waals surface area contributed by atoms with Crippen molar-refractivity contribution >= 4 is 10.8 Å². The Morgan fingerprint density at radius 1 is 1.12 bits per heavy atom. The van der Waals surface area contributed by atoms with Gasteiger partial charge < -0.3 is 4.74 Å². The number of hydrogen-bond donors (Lipinski definition) is 0. The number of halogens is 3. The van der Waals surface area contributed by atoms with Crippen LogP contribution in [0.5, 0.6) is 5.75 Å². The number of alkyl halides is 2. The molecule has 2 aromatic rings. The van der Waals surface area contributed by atoms with Crippen molar-refractivity contribution in [3.63, 3.8) is 0 Å². The normalized spacial score (nSPS) is 20.8. The smallest absolute Gasteiger partial charge is 0.387 e. The van der Waals surface area contributed by atoms with Gasteiger partial charge >= 0.3 is 6.61 Å². The molecule has 0 saturated heterocycles. The lowest BCUT2D eigenvalue weighted by Crippen LogP contribution is -2.13. The van der Waals surface area contributed by atoms with Crippen LogP contribution in [0.3, 0.4) is 0 Å². The first-order valence-corrected chi connectivity index (χ1v) is 8.86. The van der Waals surface area contributed by atoms with Crippen LogP contribution < -0.4 is 4.74 Å². The second-order valence-electron chi connectivity index (χ2n) is 6.82. The molecule has 1 aliphatic rings. The summed E-state index contributed by atoms with van der Waals surface area (Å²) in [5.74, 6) is 0.140. The highest BCUT2D eigenvalue weighted by atomic mass is 19.3. The van der Waals surface area contributed by atoms with E-state index in [4.69, 9.17) is 0 Å². The van der Waals surface area contributed by atoms with E-state index < -0.39 is 18.2 Å². The summed E-state index contributed by atoms with van der Waals surface area (Å²) in [6.07, 6.45) is 8.98. The molecule has 1 aliphatic carbocycles. The summed E-state index contributed by atoms with van der Waals surface area (Å²) in [5.41, 5.74) is 1.21. The van der Waals surface area contributed by atoms with Gasteiger partial charge in [0.05, 0.1) is 0 Å². The summed E-state index contributed by atoms with van der Waals surface area (Å²) in [7, 11) is 0. The van der Waals surface area contributed by atoms with E-state index in [1.165, 1.54) is 30.9 Å². The van der Waals surface area contributed by atoms with Crippen LogP contribution in [0, 0.1) is 11.7 Å². The molecule has 0 unspecified atom stereocenters. The summed E-state index contributed by atoms with van der Waals surface area (Å²) in [4.78, 5) is 0. The van der Waals surface area contributed by atoms with Crippen LogP contribution in [0.15, 0.2) is 43.0 Å². The van der Waals surface area contributed by atoms with Crippen LogP contribution in [0.25, 0.3) is 10.8 Å². The topological polar surface area (TPSA) is 9.23 Å². The van der Waals surface area contributed by atoms with Gasteiger partial charge in [0.25, 0.3) is 0 Å². The zero-order valence-corrected chi connectivity index (χ0v) is 14.2. The zero-order chi connectivity index (χ0) is 17.8. The number of allylic oxidation sites excluding steroid dienone is 1. The maximum absolute atomic E-state index is 14.3. The summed E-state index contributed by atoms with van der Waals surface area (Å²) in [6, 6.07) is 8.52. The Bertz CT molecular complexity index is 733. The minimum absolute atomic E-state index is 0.321. The molecule has 3 rings (SSSR count). The SMILES string of the molecule is C=CCCC1CCC(c2ccc3c(F)c(OC(F)F)ccc3c2)CC1. The Labute approximate surface area is 146 Å². The fourth-order valence-corrected chi connectivity index (χ4v) is 3.87. The van der Waals surface area contributed by atoms with Gasteiger partial charge in [-0.25, -0.2) is 4.39 Å². The largest absolute Gasteiger partial charge is 0.432 e. The number of rotatable bonds is 6. The first-order valence-electron chi connectivity index (χ1n) is 8.86. The second-order valence-corrected chi connectivity index (χ2v) is 6.82. The van der Waals surface area contributed by atoms with E-state index in [1.54, 1.807) is 12.1 Å². The third kappa shape index (κ3) is 4.17. The third-order valence-corrected chi connectivity index (χ3v) is 5.26. The molecule has 1 saturated carbocycles. The highest BCUT2D eigenvalue weighted by Crippen LogP contribution is 2.39. The molecule has 0 aliphatic heterocycles. The van der Waals surface area contributed by atoms with Crippen molar-refractivity contribution < 1.29 is 17.9 Å². The predicted molar refractivity (Wildman–Crippen MR) is 94.7 cm³/mol. The van der Waals surface area contributed by atoms with E-state index in [2.05, 4.69) is 11.3 Å². The van der Waals surface area contributed by atoms with Crippen molar-refractivity contribution in [2.45, 2.75) is 51.1 Å². The molecule has 134 valence electrons. The molecule has 0 amide bonds. The van der Waals surface area contributed by atoms with Gasteiger partial charge in [-0.1, -0.05) is 30.3 Å². The fraction of sp³-hybridized carbons (Fsp3) is 0.429. The van der Waals surface area contributed by atoms with E-state index in [0.717, 1.165) is 30.6 Å². The van der Waals surface area contributed by atoms with Crippen molar-refractivity contribution in [2.75, 3.05) is 0 Å². The first kappa shape index (κ1) is 17.8. The van der Waals surface area contributed by atoms with E-state index in [-0.39, 0.29) is 0 Å². The molecule has 4 heteroatoms. The van der Waals surface area contributed by atoms with E-state index in [0.29, 0.717) is 11.3 Å². The highest BCUT2D eigenvalue weighted by Gasteiger charge is 2.22. The summed E-state index contributed by atoms with van der Waals surface area (Å²) in [5, 5.41) is 1.05. The number of ether oxygens (including phenoxy) is 1. The molecule has 1 fully saturated rings. The van der Waals surface area contributed by atoms with Crippen LogP contribution in [0.1, 0.15) is 50.0 Å². The van der Waals surface area contributed by atoms with Gasteiger partial charge in [-0.05, 0) is 67.4 Å². The fourth-order valence-electron chi connectivity index (χ4n) is 3.87. The van der Waals surface area contributed by atoms with Gasteiger partial charge in [0.1, 0.15) is 0 Å².